The first-order chi connectivity index (χ1) is 9.06. The highest BCUT2D eigenvalue weighted by Gasteiger charge is 2.05. The lowest BCUT2D eigenvalue weighted by atomic mass is 10.2. The van der Waals surface area contributed by atoms with Crippen LogP contribution in [0.25, 0.3) is 0 Å². The number of hydrogen-bond donors (Lipinski definition) is 2. The summed E-state index contributed by atoms with van der Waals surface area (Å²) in [6, 6.07) is 12.4. The highest BCUT2D eigenvalue weighted by Crippen LogP contribution is 2.26. The fourth-order valence-corrected chi connectivity index (χ4v) is 2.02. The molecule has 0 fully saturated rings. The van der Waals surface area contributed by atoms with Gasteiger partial charge in [-0.1, -0.05) is 35.3 Å². The van der Waals surface area contributed by atoms with E-state index in [1.807, 2.05) is 18.2 Å². The van der Waals surface area contributed by atoms with Crippen molar-refractivity contribution < 1.29 is 4.74 Å². The average Bonchev–Trinajstić information content (AvgIpc) is 2.37. The van der Waals surface area contributed by atoms with Crippen LogP contribution in [0, 0.1) is 5.41 Å². The second kappa shape index (κ2) is 5.95. The molecule has 0 aromatic heterocycles. The first-order valence-corrected chi connectivity index (χ1v) is 6.33. The molecule has 0 aliphatic rings. The van der Waals surface area contributed by atoms with E-state index in [0.29, 0.717) is 28.0 Å². The topological polar surface area (TPSA) is 59.1 Å². The van der Waals surface area contributed by atoms with Crippen molar-refractivity contribution in [2.45, 2.75) is 6.61 Å². The molecule has 0 saturated carbocycles. The minimum Gasteiger partial charge on any atom is -0.487 e. The van der Waals surface area contributed by atoms with Gasteiger partial charge in [0, 0.05) is 10.6 Å². The minimum absolute atomic E-state index is 0.0247. The molecule has 3 nitrogen and oxygen atoms in total. The Morgan fingerprint density at radius 3 is 2.58 bits per heavy atom. The Kier molecular flexibility index (Phi) is 4.30. The third-order valence-corrected chi connectivity index (χ3v) is 3.06. The highest BCUT2D eigenvalue weighted by molar-refractivity contribution is 6.32. The molecular weight excluding hydrogens is 283 g/mol. The van der Waals surface area contributed by atoms with Crippen LogP contribution in [0.15, 0.2) is 42.5 Å². The van der Waals surface area contributed by atoms with Gasteiger partial charge in [-0.15, -0.1) is 0 Å². The zero-order chi connectivity index (χ0) is 13.8. The summed E-state index contributed by atoms with van der Waals surface area (Å²) in [5.74, 6) is 0.523. The zero-order valence-corrected chi connectivity index (χ0v) is 11.5. The molecule has 0 heterocycles. The maximum atomic E-state index is 7.33. The van der Waals surface area contributed by atoms with Crippen molar-refractivity contribution in [3.8, 4) is 5.75 Å². The first kappa shape index (κ1) is 13.7. The van der Waals surface area contributed by atoms with Crippen LogP contribution >= 0.6 is 23.2 Å². The Bertz CT molecular complexity index is 614. The Morgan fingerprint density at radius 1 is 1.16 bits per heavy atom. The third kappa shape index (κ3) is 3.63. The van der Waals surface area contributed by atoms with Crippen LogP contribution in [0.1, 0.15) is 11.1 Å². The molecule has 0 spiro atoms. The van der Waals surface area contributed by atoms with Crippen molar-refractivity contribution in [1.29, 1.82) is 5.41 Å². The van der Waals surface area contributed by atoms with E-state index in [1.165, 1.54) is 0 Å². The van der Waals surface area contributed by atoms with Gasteiger partial charge < -0.3 is 10.5 Å². The molecule has 0 aliphatic heterocycles. The van der Waals surface area contributed by atoms with Gasteiger partial charge in [-0.05, 0) is 35.9 Å². The summed E-state index contributed by atoms with van der Waals surface area (Å²) >= 11 is 12.0. The van der Waals surface area contributed by atoms with Crippen molar-refractivity contribution in [3.63, 3.8) is 0 Å². The van der Waals surface area contributed by atoms with Gasteiger partial charge in [0.2, 0.25) is 0 Å². The first-order valence-electron chi connectivity index (χ1n) is 5.57. The van der Waals surface area contributed by atoms with E-state index >= 15 is 0 Å². The molecule has 98 valence electrons. The molecule has 2 rings (SSSR count). The Labute approximate surface area is 121 Å². The molecule has 0 bridgehead atoms. The normalized spacial score (nSPS) is 10.2. The van der Waals surface area contributed by atoms with Gasteiger partial charge in [-0.3, -0.25) is 5.41 Å². The van der Waals surface area contributed by atoms with Gasteiger partial charge in [0.1, 0.15) is 18.2 Å². The fourth-order valence-electron chi connectivity index (χ4n) is 1.57. The fraction of sp³-hybridized carbons (Fsp3) is 0.0714. The van der Waals surface area contributed by atoms with Crippen LogP contribution in [0.5, 0.6) is 5.75 Å². The minimum atomic E-state index is -0.0247. The predicted octanol–water partition coefficient (Wildman–Crippen LogP) is 3.86. The van der Waals surface area contributed by atoms with Crippen molar-refractivity contribution in [2.24, 2.45) is 5.73 Å². The number of hydrogen-bond acceptors (Lipinski definition) is 2. The average molecular weight is 295 g/mol. The second-order valence-corrected chi connectivity index (χ2v) is 4.82. The smallest absolute Gasteiger partial charge is 0.138 e. The van der Waals surface area contributed by atoms with E-state index in [4.69, 9.17) is 39.1 Å². The van der Waals surface area contributed by atoms with E-state index in [2.05, 4.69) is 0 Å². The lowest BCUT2D eigenvalue weighted by molar-refractivity contribution is 0.306. The molecule has 5 heteroatoms. The Hall–Kier alpha value is -1.71. The summed E-state index contributed by atoms with van der Waals surface area (Å²) in [6.07, 6.45) is 0. The Morgan fingerprint density at radius 2 is 1.95 bits per heavy atom. The quantitative estimate of drug-likeness (QED) is 0.664. The van der Waals surface area contributed by atoms with Crippen LogP contribution < -0.4 is 10.5 Å². The lowest BCUT2D eigenvalue weighted by Gasteiger charge is -2.09. The summed E-state index contributed by atoms with van der Waals surface area (Å²) in [6.45, 7) is 0.375. The standard InChI is InChI=1S/C14H12Cl2N2O/c15-11-3-1-2-9(6-11)8-19-13-5-4-10(14(17)18)7-12(13)16/h1-7H,8H2,(H3,17,18). The number of nitrogens with two attached hydrogens (primary N) is 1. The number of benzene rings is 2. The van der Waals surface area contributed by atoms with Gasteiger partial charge in [0.25, 0.3) is 0 Å². The molecule has 3 N–H and O–H groups in total. The summed E-state index contributed by atoms with van der Waals surface area (Å²) in [5.41, 5.74) is 6.91. The van der Waals surface area contributed by atoms with Crippen molar-refractivity contribution in [2.75, 3.05) is 0 Å². The molecular formula is C14H12Cl2N2O. The van der Waals surface area contributed by atoms with E-state index in [9.17, 15) is 0 Å². The molecule has 0 unspecified atom stereocenters. The van der Waals surface area contributed by atoms with Crippen LogP contribution in [0.2, 0.25) is 10.0 Å². The summed E-state index contributed by atoms with van der Waals surface area (Å²) < 4.78 is 5.61. The van der Waals surface area contributed by atoms with Gasteiger partial charge in [0.05, 0.1) is 5.02 Å². The van der Waals surface area contributed by atoms with E-state index in [1.54, 1.807) is 24.3 Å². The zero-order valence-electron chi connectivity index (χ0n) is 9.99. The summed E-state index contributed by atoms with van der Waals surface area (Å²) in [7, 11) is 0. The van der Waals surface area contributed by atoms with E-state index < -0.39 is 0 Å². The maximum Gasteiger partial charge on any atom is 0.138 e. The van der Waals surface area contributed by atoms with Crippen molar-refractivity contribution in [3.05, 3.63) is 63.6 Å². The molecule has 19 heavy (non-hydrogen) atoms. The molecule has 0 aliphatic carbocycles. The number of amidine groups is 1. The number of rotatable bonds is 4. The molecule has 0 amide bonds. The number of ether oxygens (including phenoxy) is 1. The molecule has 2 aromatic rings. The second-order valence-electron chi connectivity index (χ2n) is 3.98. The van der Waals surface area contributed by atoms with Gasteiger partial charge >= 0.3 is 0 Å². The van der Waals surface area contributed by atoms with Gasteiger partial charge in [-0.2, -0.15) is 0 Å². The summed E-state index contributed by atoms with van der Waals surface area (Å²) in [4.78, 5) is 0. The van der Waals surface area contributed by atoms with Crippen LogP contribution in [-0.2, 0) is 6.61 Å². The molecule has 0 atom stereocenters. The molecule has 0 saturated heterocycles. The number of nitrogens with one attached hydrogen (secondary N) is 1. The highest BCUT2D eigenvalue weighted by atomic mass is 35.5. The predicted molar refractivity (Wildman–Crippen MR) is 78.3 cm³/mol. The number of nitrogen functional groups attached to an aromatic ring is 1. The number of halogens is 2. The van der Waals surface area contributed by atoms with E-state index in [0.717, 1.165) is 5.56 Å². The molecule has 0 radical (unpaired) electrons. The summed E-state index contributed by atoms with van der Waals surface area (Å²) in [5, 5.41) is 8.42. The third-order valence-electron chi connectivity index (χ3n) is 2.53. The SMILES string of the molecule is N=C(N)c1ccc(OCc2cccc(Cl)c2)c(Cl)c1. The van der Waals surface area contributed by atoms with Gasteiger partial charge in [0.15, 0.2) is 0 Å². The van der Waals surface area contributed by atoms with Gasteiger partial charge in [-0.25, -0.2) is 0 Å². The molecule has 2 aromatic carbocycles. The van der Waals surface area contributed by atoms with Crippen LogP contribution in [0.4, 0.5) is 0 Å². The lowest BCUT2D eigenvalue weighted by Crippen LogP contribution is -2.10. The maximum absolute atomic E-state index is 7.33. The van der Waals surface area contributed by atoms with Crippen LogP contribution in [0.3, 0.4) is 0 Å². The monoisotopic (exact) mass is 294 g/mol. The largest absolute Gasteiger partial charge is 0.487 e. The Balaban J connectivity index is 2.10. The van der Waals surface area contributed by atoms with Crippen LogP contribution in [-0.4, -0.2) is 5.84 Å². The van der Waals surface area contributed by atoms with Crippen molar-refractivity contribution >= 4 is 29.0 Å². The van der Waals surface area contributed by atoms with E-state index in [-0.39, 0.29) is 5.84 Å². The van der Waals surface area contributed by atoms with Crippen molar-refractivity contribution in [1.82, 2.24) is 0 Å².